The lowest BCUT2D eigenvalue weighted by Crippen LogP contribution is -2.42. The van der Waals surface area contributed by atoms with Crippen LogP contribution in [0.3, 0.4) is 0 Å². The van der Waals surface area contributed by atoms with E-state index < -0.39 is 59.4 Å². The fraction of sp³-hybridized carbons (Fsp3) is 0.231. The molecule has 1 heterocycles. The summed E-state index contributed by atoms with van der Waals surface area (Å²) in [5, 5.41) is 13.0. The van der Waals surface area contributed by atoms with Crippen LogP contribution in [0.5, 0.6) is 0 Å². The maximum atomic E-state index is 14.8. The lowest BCUT2D eigenvalue weighted by Gasteiger charge is -2.32. The third-order valence-electron chi connectivity index (χ3n) is 6.30. The molecular formula is C26H19ClF6N2O3. The number of nitrogens with one attached hydrogen (secondary N) is 1. The summed E-state index contributed by atoms with van der Waals surface area (Å²) in [5.74, 6) is -6.59. The number of halogens is 7. The standard InChI is InChI=1S/C26H19ClF6N2O3/c1-24(38)20-12-15(27)4-9-21(20)35(11-10-25(24,29)30)23(37)14-2-6-17(7-3-14)34-22(36)18-8-5-16(28)13-19(18)26(31,32)33/h2-9,12-13,38H,10-11H2,1H3,(H,34,36)/t24-/m1/s1. The van der Waals surface area contributed by atoms with Crippen LogP contribution >= 0.6 is 11.6 Å². The average Bonchev–Trinajstić information content (AvgIpc) is 2.91. The second-order valence-corrected chi connectivity index (χ2v) is 9.30. The van der Waals surface area contributed by atoms with Gasteiger partial charge in [0.1, 0.15) is 5.82 Å². The highest BCUT2D eigenvalue weighted by Crippen LogP contribution is 2.47. The van der Waals surface area contributed by atoms with Crippen molar-refractivity contribution in [3.05, 3.63) is 93.8 Å². The molecule has 200 valence electrons. The Bertz CT molecular complexity index is 1410. The predicted octanol–water partition coefficient (Wildman–Crippen LogP) is 6.64. The molecule has 0 radical (unpaired) electrons. The number of carbonyl (C=O) groups is 2. The molecule has 0 unspecified atom stereocenters. The molecule has 0 saturated carbocycles. The van der Waals surface area contributed by atoms with E-state index >= 15 is 0 Å². The van der Waals surface area contributed by atoms with E-state index in [9.17, 15) is 41.0 Å². The van der Waals surface area contributed by atoms with Gasteiger partial charge in [0.25, 0.3) is 17.7 Å². The number of hydrogen-bond donors (Lipinski definition) is 2. The van der Waals surface area contributed by atoms with Crippen molar-refractivity contribution in [3.8, 4) is 0 Å². The van der Waals surface area contributed by atoms with Gasteiger partial charge in [-0.25, -0.2) is 13.2 Å². The van der Waals surface area contributed by atoms with Crippen molar-refractivity contribution < 1.29 is 41.0 Å². The molecule has 12 heteroatoms. The quantitative estimate of drug-likeness (QED) is 0.355. The van der Waals surface area contributed by atoms with Crippen molar-refractivity contribution >= 4 is 34.8 Å². The molecular weight excluding hydrogens is 538 g/mol. The highest BCUT2D eigenvalue weighted by molar-refractivity contribution is 6.30. The first-order valence-electron chi connectivity index (χ1n) is 11.1. The van der Waals surface area contributed by atoms with Crippen molar-refractivity contribution in [2.75, 3.05) is 16.8 Å². The Morgan fingerprint density at radius 1 is 1.03 bits per heavy atom. The highest BCUT2D eigenvalue weighted by Gasteiger charge is 2.53. The zero-order valence-electron chi connectivity index (χ0n) is 19.5. The van der Waals surface area contributed by atoms with Crippen molar-refractivity contribution in [2.24, 2.45) is 0 Å². The largest absolute Gasteiger partial charge is 0.417 e. The number of nitrogens with zero attached hydrogens (tertiary/aromatic N) is 1. The van der Waals surface area contributed by atoms with E-state index in [0.29, 0.717) is 6.07 Å². The van der Waals surface area contributed by atoms with Crippen LogP contribution in [-0.4, -0.2) is 29.4 Å². The molecule has 1 atom stereocenters. The molecule has 3 aromatic rings. The van der Waals surface area contributed by atoms with Gasteiger partial charge in [0.05, 0.1) is 16.8 Å². The van der Waals surface area contributed by atoms with Crippen molar-refractivity contribution in [1.82, 2.24) is 0 Å². The molecule has 0 spiro atoms. The molecule has 0 fully saturated rings. The second-order valence-electron chi connectivity index (χ2n) is 8.86. The molecule has 4 rings (SSSR count). The number of aliphatic hydroxyl groups is 1. The number of rotatable bonds is 3. The zero-order chi connectivity index (χ0) is 28.0. The van der Waals surface area contributed by atoms with Gasteiger partial charge in [0.2, 0.25) is 0 Å². The van der Waals surface area contributed by atoms with Crippen LogP contribution in [0, 0.1) is 5.82 Å². The van der Waals surface area contributed by atoms with Crippen LogP contribution in [0.25, 0.3) is 0 Å². The molecule has 0 bridgehead atoms. The van der Waals surface area contributed by atoms with E-state index in [2.05, 4.69) is 5.32 Å². The Kier molecular flexibility index (Phi) is 6.96. The van der Waals surface area contributed by atoms with Gasteiger partial charge < -0.3 is 15.3 Å². The van der Waals surface area contributed by atoms with E-state index in [1.54, 1.807) is 0 Å². The molecule has 2 N–H and O–H groups in total. The van der Waals surface area contributed by atoms with Gasteiger partial charge >= 0.3 is 6.18 Å². The summed E-state index contributed by atoms with van der Waals surface area (Å²) in [5.41, 5.74) is -5.00. The molecule has 0 aromatic heterocycles. The Labute approximate surface area is 217 Å². The lowest BCUT2D eigenvalue weighted by molar-refractivity contribution is -0.177. The van der Waals surface area contributed by atoms with E-state index in [1.165, 1.54) is 42.5 Å². The summed E-state index contributed by atoms with van der Waals surface area (Å²) in [7, 11) is 0. The van der Waals surface area contributed by atoms with Gasteiger partial charge in [-0.3, -0.25) is 9.59 Å². The van der Waals surface area contributed by atoms with E-state index in [4.69, 9.17) is 11.6 Å². The van der Waals surface area contributed by atoms with E-state index in [1.807, 2.05) is 0 Å². The minimum Gasteiger partial charge on any atom is -0.379 e. The van der Waals surface area contributed by atoms with Gasteiger partial charge in [-0.05, 0) is 67.6 Å². The monoisotopic (exact) mass is 556 g/mol. The lowest BCUT2D eigenvalue weighted by atomic mass is 9.87. The zero-order valence-corrected chi connectivity index (χ0v) is 20.3. The maximum absolute atomic E-state index is 14.8. The average molecular weight is 557 g/mol. The number of benzene rings is 3. The van der Waals surface area contributed by atoms with Crippen molar-refractivity contribution in [1.29, 1.82) is 0 Å². The number of fused-ring (bicyclic) bond motifs is 1. The Morgan fingerprint density at radius 3 is 2.32 bits per heavy atom. The molecule has 1 aliphatic heterocycles. The Morgan fingerprint density at radius 2 is 1.68 bits per heavy atom. The topological polar surface area (TPSA) is 69.6 Å². The first kappa shape index (κ1) is 27.5. The molecule has 1 aliphatic rings. The Hall–Kier alpha value is -3.57. The van der Waals surface area contributed by atoms with Crippen molar-refractivity contribution in [3.63, 3.8) is 0 Å². The van der Waals surface area contributed by atoms with Crippen LogP contribution in [0.4, 0.5) is 37.7 Å². The first-order chi connectivity index (χ1) is 17.6. The number of alkyl halides is 5. The molecule has 2 amide bonds. The highest BCUT2D eigenvalue weighted by atomic mass is 35.5. The number of anilines is 2. The summed E-state index contributed by atoms with van der Waals surface area (Å²) in [6, 6.07) is 10.5. The van der Waals surface area contributed by atoms with Crippen LogP contribution in [-0.2, 0) is 11.8 Å². The summed E-state index contributed by atoms with van der Waals surface area (Å²) < 4.78 is 82.6. The summed E-state index contributed by atoms with van der Waals surface area (Å²) >= 11 is 5.97. The van der Waals surface area contributed by atoms with E-state index in [0.717, 1.165) is 17.9 Å². The first-order valence-corrected chi connectivity index (χ1v) is 11.5. The Balaban J connectivity index is 1.60. The van der Waals surface area contributed by atoms with Gasteiger partial charge in [0.15, 0.2) is 5.60 Å². The van der Waals surface area contributed by atoms with E-state index in [-0.39, 0.29) is 33.6 Å². The second kappa shape index (κ2) is 9.63. The minimum absolute atomic E-state index is 0.0199. The van der Waals surface area contributed by atoms with Gasteiger partial charge in [-0.2, -0.15) is 13.2 Å². The number of hydrogen-bond acceptors (Lipinski definition) is 3. The predicted molar refractivity (Wildman–Crippen MR) is 128 cm³/mol. The fourth-order valence-electron chi connectivity index (χ4n) is 4.16. The normalized spacial score (nSPS) is 18.9. The van der Waals surface area contributed by atoms with Gasteiger partial charge in [-0.15, -0.1) is 0 Å². The number of carbonyl (C=O) groups excluding carboxylic acids is 2. The molecule has 3 aromatic carbocycles. The van der Waals surface area contributed by atoms with Gasteiger partial charge in [-0.1, -0.05) is 11.6 Å². The van der Waals surface area contributed by atoms with Crippen LogP contribution in [0.2, 0.25) is 5.02 Å². The van der Waals surface area contributed by atoms with Crippen LogP contribution in [0.15, 0.2) is 60.7 Å². The third kappa shape index (κ3) is 5.08. The summed E-state index contributed by atoms with van der Waals surface area (Å²) in [6.45, 7) is 0.513. The third-order valence-corrected chi connectivity index (χ3v) is 6.54. The van der Waals surface area contributed by atoms with Crippen molar-refractivity contribution in [2.45, 2.75) is 31.0 Å². The van der Waals surface area contributed by atoms with Crippen LogP contribution in [0.1, 0.15) is 45.2 Å². The summed E-state index contributed by atoms with van der Waals surface area (Å²) in [4.78, 5) is 26.8. The molecule has 5 nitrogen and oxygen atoms in total. The van der Waals surface area contributed by atoms with Gasteiger partial charge in [0, 0.05) is 34.8 Å². The number of amides is 2. The molecule has 0 aliphatic carbocycles. The SMILES string of the molecule is C[C@@]1(O)c2cc(Cl)ccc2N(C(=O)c2ccc(NC(=O)c3ccc(F)cc3C(F)(F)F)cc2)CCC1(F)F. The fourth-order valence-corrected chi connectivity index (χ4v) is 4.33. The minimum atomic E-state index is -4.97. The molecule has 0 saturated heterocycles. The van der Waals surface area contributed by atoms with Crippen LogP contribution < -0.4 is 10.2 Å². The molecule has 38 heavy (non-hydrogen) atoms. The smallest absolute Gasteiger partial charge is 0.379 e. The maximum Gasteiger partial charge on any atom is 0.417 e. The summed E-state index contributed by atoms with van der Waals surface area (Å²) in [6.07, 6.45) is -5.81.